The lowest BCUT2D eigenvalue weighted by molar-refractivity contribution is 0.260. The number of piperazine rings is 1. The molecule has 9 heteroatoms. The van der Waals surface area contributed by atoms with E-state index < -0.39 is 10.0 Å². The Kier molecular flexibility index (Phi) is 6.41. The summed E-state index contributed by atoms with van der Waals surface area (Å²) in [7, 11) is -3.77. The van der Waals surface area contributed by atoms with E-state index >= 15 is 0 Å². The number of nitrogens with one attached hydrogen (secondary N) is 1. The number of nitrogens with zero attached hydrogens (tertiary/aromatic N) is 4. The van der Waals surface area contributed by atoms with Crippen LogP contribution in [0, 0.1) is 11.3 Å². The van der Waals surface area contributed by atoms with Gasteiger partial charge in [-0.1, -0.05) is 22.5 Å². The van der Waals surface area contributed by atoms with Crippen LogP contribution in [0.1, 0.15) is 12.0 Å². The highest BCUT2D eigenvalue weighted by Crippen LogP contribution is 2.30. The Morgan fingerprint density at radius 2 is 1.90 bits per heavy atom. The molecule has 3 aromatic rings. The molecule has 1 saturated heterocycles. The van der Waals surface area contributed by atoms with Crippen LogP contribution < -0.4 is 9.03 Å². The highest BCUT2D eigenvalue weighted by atomic mass is 32.2. The number of hydrogen-bond acceptors (Lipinski definition) is 6. The zero-order valence-corrected chi connectivity index (χ0v) is 18.2. The number of aromatic nitrogens is 1. The molecule has 4 rings (SSSR count). The molecule has 0 spiro atoms. The quantitative estimate of drug-likeness (QED) is 0.447. The second-order valence-electron chi connectivity index (χ2n) is 7.20. The van der Waals surface area contributed by atoms with Gasteiger partial charge in [0.15, 0.2) is 10.9 Å². The normalized spacial score (nSPS) is 16.6. The minimum Gasteiger partial charge on any atom is -0.300 e. The van der Waals surface area contributed by atoms with E-state index in [-0.39, 0.29) is 15.7 Å². The predicted molar refractivity (Wildman–Crippen MR) is 120 cm³/mol. The van der Waals surface area contributed by atoms with Crippen LogP contribution in [-0.2, 0) is 10.0 Å². The standard InChI is InChI=1S/C21H24N5O2S2/c22-16-18-5-3-7-20(15-18)30(27,28)24-9-4-10-25-11-13-26(14-12-25)29-21-8-2-1-6-19(21)17-23-29/h1-3,5-8,15,17,24H,4,9-14H2/q+1. The van der Waals surface area contributed by atoms with E-state index in [1.54, 1.807) is 12.1 Å². The molecule has 2 heterocycles. The summed E-state index contributed by atoms with van der Waals surface area (Å²) in [5, 5.41) is 10.2. The monoisotopic (exact) mass is 442 g/mol. The molecule has 1 aliphatic heterocycles. The first-order valence-corrected chi connectivity index (χ1v) is 12.5. The summed E-state index contributed by atoms with van der Waals surface area (Å²) in [6.45, 7) is 5.06. The van der Waals surface area contributed by atoms with Crippen LogP contribution in [0.2, 0.25) is 0 Å². The molecule has 0 aliphatic carbocycles. The van der Waals surface area contributed by atoms with Crippen molar-refractivity contribution in [1.82, 2.24) is 14.0 Å². The molecule has 30 heavy (non-hydrogen) atoms. The van der Waals surface area contributed by atoms with Gasteiger partial charge in [-0.3, -0.25) is 0 Å². The average molecular weight is 443 g/mol. The molecule has 1 aromatic heterocycles. The third kappa shape index (κ3) is 4.69. The lowest BCUT2D eigenvalue weighted by Gasteiger charge is -2.29. The van der Waals surface area contributed by atoms with Gasteiger partial charge in [-0.15, -0.1) is 0 Å². The highest BCUT2D eigenvalue weighted by Gasteiger charge is 2.28. The Balaban J connectivity index is 1.24. The molecule has 0 saturated carbocycles. The minimum atomic E-state index is -3.59. The minimum absolute atomic E-state index is 0.133. The second kappa shape index (κ2) is 9.20. The van der Waals surface area contributed by atoms with Crippen molar-refractivity contribution in [3.63, 3.8) is 0 Å². The maximum atomic E-state index is 12.4. The first kappa shape index (κ1) is 20.9. The molecule has 1 N–H and O–H groups in total. The number of fused-ring (bicyclic) bond motifs is 1. The Morgan fingerprint density at radius 3 is 2.70 bits per heavy atom. The van der Waals surface area contributed by atoms with Crippen LogP contribution >= 0.6 is 10.9 Å². The Hall–Kier alpha value is -2.35. The van der Waals surface area contributed by atoms with Crippen molar-refractivity contribution in [1.29, 1.82) is 5.26 Å². The predicted octanol–water partition coefficient (Wildman–Crippen LogP) is 2.48. The van der Waals surface area contributed by atoms with Crippen LogP contribution in [0.5, 0.6) is 0 Å². The third-order valence-corrected chi connectivity index (χ3v) is 8.58. The second-order valence-corrected chi connectivity index (χ2v) is 10.7. The van der Waals surface area contributed by atoms with Gasteiger partial charge < -0.3 is 4.90 Å². The summed E-state index contributed by atoms with van der Waals surface area (Å²) in [4.78, 5) is 2.50. The van der Waals surface area contributed by atoms with E-state index in [0.717, 1.165) is 39.1 Å². The summed E-state index contributed by atoms with van der Waals surface area (Å²) in [5.74, 6) is 0. The summed E-state index contributed by atoms with van der Waals surface area (Å²) >= 11 is 0. The van der Waals surface area contributed by atoms with E-state index in [9.17, 15) is 8.42 Å². The van der Waals surface area contributed by atoms with Crippen molar-refractivity contribution < 1.29 is 8.42 Å². The van der Waals surface area contributed by atoms with Crippen LogP contribution in [0.3, 0.4) is 0 Å². The van der Waals surface area contributed by atoms with Crippen LogP contribution in [-0.4, -0.2) is 57.0 Å². The Bertz CT molecular complexity index is 1160. The fraction of sp³-hybridized carbons (Fsp3) is 0.333. The van der Waals surface area contributed by atoms with E-state index in [2.05, 4.69) is 32.1 Å². The summed E-state index contributed by atoms with van der Waals surface area (Å²) < 4.78 is 35.9. The molecule has 156 valence electrons. The Labute approximate surface area is 179 Å². The van der Waals surface area contributed by atoms with Crippen molar-refractivity contribution in [2.24, 2.45) is 0 Å². The third-order valence-electron chi connectivity index (χ3n) is 5.20. The first-order chi connectivity index (χ1) is 14.6. The summed E-state index contributed by atoms with van der Waals surface area (Å²) in [6.07, 6.45) is 2.72. The Morgan fingerprint density at radius 1 is 1.10 bits per heavy atom. The lowest BCUT2D eigenvalue weighted by Crippen LogP contribution is -2.46. The summed E-state index contributed by atoms with van der Waals surface area (Å²) in [6, 6.07) is 16.4. The van der Waals surface area contributed by atoms with Gasteiger partial charge in [0.2, 0.25) is 14.7 Å². The van der Waals surface area contributed by atoms with Crippen LogP contribution in [0.15, 0.2) is 59.6 Å². The van der Waals surface area contributed by atoms with Gasteiger partial charge in [0.1, 0.15) is 0 Å². The molecule has 1 atom stereocenters. The SMILES string of the molecule is N#Cc1cccc(S(=O)(=O)NCCCN2CCN([s+]3ncc4ccccc43)CC2)c1. The van der Waals surface area contributed by atoms with E-state index in [0.29, 0.717) is 12.1 Å². The number of hydrogen-bond donors (Lipinski definition) is 1. The first-order valence-electron chi connectivity index (χ1n) is 9.91. The molecular weight excluding hydrogens is 418 g/mol. The largest absolute Gasteiger partial charge is 0.300 e. The zero-order chi connectivity index (χ0) is 21.0. The van der Waals surface area contributed by atoms with Gasteiger partial charge in [-0.2, -0.15) is 5.26 Å². The van der Waals surface area contributed by atoms with Crippen molar-refractivity contribution in [2.45, 2.75) is 11.3 Å². The van der Waals surface area contributed by atoms with Crippen molar-refractivity contribution >= 4 is 31.0 Å². The zero-order valence-electron chi connectivity index (χ0n) is 16.6. The lowest BCUT2D eigenvalue weighted by atomic mass is 10.2. The fourth-order valence-corrected chi connectivity index (χ4v) is 6.47. The molecule has 0 amide bonds. The van der Waals surface area contributed by atoms with Gasteiger partial charge in [0.05, 0.1) is 41.2 Å². The number of benzene rings is 2. The number of nitriles is 1. The van der Waals surface area contributed by atoms with Crippen LogP contribution in [0.4, 0.5) is 0 Å². The average Bonchev–Trinajstić information content (AvgIpc) is 3.21. The topological polar surface area (TPSA) is 89.3 Å². The van der Waals surface area contributed by atoms with Crippen LogP contribution in [0.25, 0.3) is 10.1 Å². The van der Waals surface area contributed by atoms with Gasteiger partial charge >= 0.3 is 0 Å². The molecule has 1 fully saturated rings. The maximum absolute atomic E-state index is 12.4. The van der Waals surface area contributed by atoms with E-state index in [4.69, 9.17) is 9.64 Å². The van der Waals surface area contributed by atoms with Crippen molar-refractivity contribution in [3.05, 3.63) is 60.3 Å². The highest BCUT2D eigenvalue weighted by molar-refractivity contribution is 7.89. The molecule has 7 nitrogen and oxygen atoms in total. The van der Waals surface area contributed by atoms with E-state index in [1.807, 2.05) is 18.3 Å². The molecular formula is C21H24N5O2S2+. The summed E-state index contributed by atoms with van der Waals surface area (Å²) in [5.41, 5.74) is 0.339. The van der Waals surface area contributed by atoms with Gasteiger partial charge in [-0.05, 0) is 41.6 Å². The van der Waals surface area contributed by atoms with Gasteiger partial charge in [0.25, 0.3) is 0 Å². The smallest absolute Gasteiger partial charge is 0.240 e. The molecule has 1 aliphatic rings. The van der Waals surface area contributed by atoms with Crippen molar-refractivity contribution in [3.8, 4) is 6.07 Å². The molecule has 2 aromatic carbocycles. The molecule has 0 bridgehead atoms. The molecule has 0 radical (unpaired) electrons. The number of rotatable bonds is 7. The number of sulfonamides is 1. The van der Waals surface area contributed by atoms with Gasteiger partial charge in [0, 0.05) is 25.7 Å². The maximum Gasteiger partial charge on any atom is 0.240 e. The van der Waals surface area contributed by atoms with Gasteiger partial charge in [-0.25, -0.2) is 13.1 Å². The molecule has 1 unspecified atom stereocenters. The van der Waals surface area contributed by atoms with E-state index in [1.165, 1.54) is 22.2 Å². The van der Waals surface area contributed by atoms with Crippen molar-refractivity contribution in [2.75, 3.05) is 43.6 Å². The fourth-order valence-electron chi connectivity index (χ4n) is 3.57.